The molecule has 0 atom stereocenters. The van der Waals surface area contributed by atoms with E-state index in [-0.39, 0.29) is 24.0 Å². The molecule has 1 fully saturated rings. The van der Waals surface area contributed by atoms with Gasteiger partial charge in [-0.3, -0.25) is 4.79 Å². The highest BCUT2D eigenvalue weighted by molar-refractivity contribution is 7.13. The maximum absolute atomic E-state index is 14.0. The van der Waals surface area contributed by atoms with Gasteiger partial charge in [0.15, 0.2) is 23.8 Å². The first-order valence-electron chi connectivity index (χ1n) is 10.6. The third-order valence-corrected chi connectivity index (χ3v) is 6.39. The molecule has 0 saturated carbocycles. The molecule has 178 valence electrons. The van der Waals surface area contributed by atoms with Crippen LogP contribution in [0.25, 0.3) is 10.6 Å². The number of rotatable bonds is 7. The van der Waals surface area contributed by atoms with Crippen LogP contribution in [0.15, 0.2) is 47.8 Å². The fraction of sp³-hybridized carbons (Fsp3) is 0.292. The summed E-state index contributed by atoms with van der Waals surface area (Å²) in [5, 5.41) is 2.20. The Morgan fingerprint density at radius 2 is 1.76 bits per heavy atom. The quantitative estimate of drug-likeness (QED) is 0.474. The van der Waals surface area contributed by atoms with Crippen LogP contribution in [0.2, 0.25) is 0 Å². The van der Waals surface area contributed by atoms with Gasteiger partial charge >= 0.3 is 5.97 Å². The number of ether oxygens (including phenoxy) is 3. The Hall–Kier alpha value is -3.66. The first kappa shape index (κ1) is 23.5. The van der Waals surface area contributed by atoms with E-state index in [9.17, 15) is 14.0 Å². The lowest BCUT2D eigenvalue weighted by Crippen LogP contribution is -2.50. The van der Waals surface area contributed by atoms with Crippen molar-refractivity contribution in [2.24, 2.45) is 0 Å². The van der Waals surface area contributed by atoms with Crippen molar-refractivity contribution in [2.75, 3.05) is 51.9 Å². The molecule has 2 aromatic carbocycles. The lowest BCUT2D eigenvalue weighted by atomic mass is 10.2. The standard InChI is InChI=1S/C24H24FN3O5S/c1-31-20-8-7-16(13-21(20)32-2)23-26-18(15-34-23)24(30)33-14-22(29)28-11-9-27(10-12-28)19-6-4-3-5-17(19)25/h3-8,13,15H,9-12,14H2,1-2H3. The molecule has 3 aromatic rings. The molecule has 0 bridgehead atoms. The molecule has 0 N–H and O–H groups in total. The lowest BCUT2D eigenvalue weighted by molar-refractivity contribution is -0.134. The molecule has 34 heavy (non-hydrogen) atoms. The second-order valence-corrected chi connectivity index (χ2v) is 8.36. The Morgan fingerprint density at radius 1 is 1.03 bits per heavy atom. The van der Waals surface area contributed by atoms with E-state index in [2.05, 4.69) is 4.98 Å². The SMILES string of the molecule is COc1ccc(-c2nc(C(=O)OCC(=O)N3CCN(c4ccccc4F)CC3)cs2)cc1OC. The van der Waals surface area contributed by atoms with Crippen LogP contribution in [0.3, 0.4) is 0 Å². The molecule has 0 unspecified atom stereocenters. The second kappa shape index (κ2) is 10.5. The molecule has 1 aliphatic heterocycles. The van der Waals surface area contributed by atoms with Crippen LogP contribution in [0.4, 0.5) is 10.1 Å². The molecule has 1 aromatic heterocycles. The molecule has 1 amide bonds. The maximum atomic E-state index is 14.0. The fourth-order valence-corrected chi connectivity index (χ4v) is 4.45. The Kier molecular flexibility index (Phi) is 7.27. The summed E-state index contributed by atoms with van der Waals surface area (Å²) in [5.41, 5.74) is 1.42. The number of esters is 1. The molecule has 10 heteroatoms. The second-order valence-electron chi connectivity index (χ2n) is 7.50. The summed E-state index contributed by atoms with van der Waals surface area (Å²) in [6.45, 7) is 1.47. The molecule has 0 spiro atoms. The summed E-state index contributed by atoms with van der Waals surface area (Å²) >= 11 is 1.29. The Morgan fingerprint density at radius 3 is 2.47 bits per heavy atom. The van der Waals surface area contributed by atoms with Gasteiger partial charge in [-0.1, -0.05) is 12.1 Å². The van der Waals surface area contributed by atoms with E-state index < -0.39 is 5.97 Å². The van der Waals surface area contributed by atoms with Crippen LogP contribution >= 0.6 is 11.3 Å². The number of anilines is 1. The van der Waals surface area contributed by atoms with E-state index in [1.165, 1.54) is 17.4 Å². The van der Waals surface area contributed by atoms with Gasteiger partial charge in [-0.2, -0.15) is 0 Å². The van der Waals surface area contributed by atoms with Crippen molar-refractivity contribution >= 4 is 28.9 Å². The van der Waals surface area contributed by atoms with E-state index >= 15 is 0 Å². The molecule has 0 radical (unpaired) electrons. The van der Waals surface area contributed by atoms with Crippen molar-refractivity contribution in [1.82, 2.24) is 9.88 Å². The minimum absolute atomic E-state index is 0.131. The van der Waals surface area contributed by atoms with E-state index in [0.717, 1.165) is 5.56 Å². The Labute approximate surface area is 200 Å². The number of halogens is 1. The molecule has 1 aliphatic rings. The van der Waals surface area contributed by atoms with E-state index in [1.54, 1.807) is 54.8 Å². The van der Waals surface area contributed by atoms with Gasteiger partial charge in [0.2, 0.25) is 0 Å². The van der Waals surface area contributed by atoms with Gasteiger partial charge in [0.05, 0.1) is 19.9 Å². The highest BCUT2D eigenvalue weighted by Crippen LogP contribution is 2.33. The first-order valence-corrected chi connectivity index (χ1v) is 11.5. The van der Waals surface area contributed by atoms with Gasteiger partial charge in [0.25, 0.3) is 5.91 Å². The number of hydrogen-bond acceptors (Lipinski definition) is 8. The monoisotopic (exact) mass is 485 g/mol. The van der Waals surface area contributed by atoms with Crippen molar-refractivity contribution in [1.29, 1.82) is 0 Å². The Balaban J connectivity index is 1.30. The summed E-state index contributed by atoms with van der Waals surface area (Å²) in [7, 11) is 3.10. The first-order chi connectivity index (χ1) is 16.5. The molecule has 0 aliphatic carbocycles. The van der Waals surface area contributed by atoms with Crippen molar-refractivity contribution in [3.05, 3.63) is 59.4 Å². The van der Waals surface area contributed by atoms with Crippen LogP contribution < -0.4 is 14.4 Å². The Bertz CT molecular complexity index is 1180. The summed E-state index contributed by atoms with van der Waals surface area (Å²) in [6.07, 6.45) is 0. The number of para-hydroxylation sites is 1. The molecular weight excluding hydrogens is 461 g/mol. The van der Waals surface area contributed by atoms with Crippen molar-refractivity contribution in [2.45, 2.75) is 0 Å². The number of carbonyl (C=O) groups excluding carboxylic acids is 2. The summed E-state index contributed by atoms with van der Waals surface area (Å²) < 4.78 is 29.7. The number of methoxy groups -OCH3 is 2. The smallest absolute Gasteiger partial charge is 0.358 e. The number of thiazole rings is 1. The minimum Gasteiger partial charge on any atom is -0.493 e. The largest absolute Gasteiger partial charge is 0.493 e. The third kappa shape index (κ3) is 5.12. The van der Waals surface area contributed by atoms with Gasteiger partial charge in [-0.25, -0.2) is 14.2 Å². The topological polar surface area (TPSA) is 81.2 Å². The van der Waals surface area contributed by atoms with Crippen LogP contribution in [0.1, 0.15) is 10.5 Å². The summed E-state index contributed by atoms with van der Waals surface area (Å²) in [4.78, 5) is 32.8. The van der Waals surface area contributed by atoms with Crippen LogP contribution in [0.5, 0.6) is 11.5 Å². The highest BCUT2D eigenvalue weighted by Gasteiger charge is 2.24. The molecule has 2 heterocycles. The number of nitrogens with zero attached hydrogens (tertiary/aromatic N) is 3. The zero-order chi connectivity index (χ0) is 24.1. The highest BCUT2D eigenvalue weighted by atomic mass is 32.1. The van der Waals surface area contributed by atoms with Crippen molar-refractivity contribution < 1.29 is 28.2 Å². The molecular formula is C24H24FN3O5S. The predicted octanol–water partition coefficient (Wildman–Crippen LogP) is 3.47. The van der Waals surface area contributed by atoms with E-state index in [0.29, 0.717) is 48.4 Å². The number of carbonyl (C=O) groups is 2. The number of amides is 1. The summed E-state index contributed by atoms with van der Waals surface area (Å²) in [6, 6.07) is 11.9. The van der Waals surface area contributed by atoms with Gasteiger partial charge in [-0.05, 0) is 30.3 Å². The van der Waals surface area contributed by atoms with Crippen molar-refractivity contribution in [3.8, 4) is 22.1 Å². The van der Waals surface area contributed by atoms with Crippen LogP contribution in [0, 0.1) is 5.82 Å². The van der Waals surface area contributed by atoms with Gasteiger partial charge in [0, 0.05) is 37.1 Å². The van der Waals surface area contributed by atoms with Gasteiger partial charge in [-0.15, -0.1) is 11.3 Å². The van der Waals surface area contributed by atoms with Crippen molar-refractivity contribution in [3.63, 3.8) is 0 Å². The summed E-state index contributed by atoms with van der Waals surface area (Å²) in [5.74, 6) is -0.0965. The zero-order valence-electron chi connectivity index (χ0n) is 18.8. The average Bonchev–Trinajstić information content (AvgIpc) is 3.37. The normalized spacial score (nSPS) is 13.5. The zero-order valence-corrected chi connectivity index (χ0v) is 19.6. The van der Waals surface area contributed by atoms with E-state index in [4.69, 9.17) is 14.2 Å². The van der Waals surface area contributed by atoms with E-state index in [1.807, 2.05) is 11.0 Å². The predicted molar refractivity (Wildman–Crippen MR) is 126 cm³/mol. The number of aromatic nitrogens is 1. The number of hydrogen-bond donors (Lipinski definition) is 0. The molecule has 4 rings (SSSR count). The van der Waals surface area contributed by atoms with Gasteiger partial charge in [0.1, 0.15) is 10.8 Å². The average molecular weight is 486 g/mol. The number of benzene rings is 2. The number of piperazine rings is 1. The minimum atomic E-state index is -0.665. The maximum Gasteiger partial charge on any atom is 0.358 e. The fourth-order valence-electron chi connectivity index (χ4n) is 3.67. The van der Waals surface area contributed by atoms with Gasteiger partial charge < -0.3 is 24.0 Å². The molecule has 1 saturated heterocycles. The third-order valence-electron chi connectivity index (χ3n) is 5.50. The van der Waals surface area contributed by atoms with Crippen LogP contribution in [-0.4, -0.2) is 68.8 Å². The lowest BCUT2D eigenvalue weighted by Gasteiger charge is -2.36. The van der Waals surface area contributed by atoms with Crippen LogP contribution in [-0.2, 0) is 9.53 Å². The molecule has 8 nitrogen and oxygen atoms in total.